The zero-order valence-corrected chi connectivity index (χ0v) is 19.6. The average molecular weight is 448 g/mol. The second kappa shape index (κ2) is 11.6. The number of nitrogens with one attached hydrogen (secondary N) is 1. The molecule has 0 bridgehead atoms. The van der Waals surface area contributed by atoms with Crippen molar-refractivity contribution in [3.8, 4) is 5.75 Å². The van der Waals surface area contributed by atoms with Crippen LogP contribution in [-0.2, 0) is 21.4 Å². The molecule has 31 heavy (non-hydrogen) atoms. The van der Waals surface area contributed by atoms with E-state index in [0.717, 1.165) is 41.3 Å². The summed E-state index contributed by atoms with van der Waals surface area (Å²) in [6, 6.07) is 14.7. The Bertz CT molecular complexity index is 924. The lowest BCUT2D eigenvalue weighted by atomic mass is 10.2. The number of anilines is 2. The van der Waals surface area contributed by atoms with E-state index in [-0.39, 0.29) is 12.5 Å². The Hall–Kier alpha value is -2.74. The molecule has 2 aromatic rings. The lowest BCUT2D eigenvalue weighted by Gasteiger charge is -2.22. The predicted octanol–water partition coefficient (Wildman–Crippen LogP) is 3.40. The SMILES string of the molecule is CCCOc1ccc(N(CC(=O)NCc2ccc(N(CC)CC)cc2)S(C)(=O)=O)cc1. The summed E-state index contributed by atoms with van der Waals surface area (Å²) >= 11 is 0. The van der Waals surface area contributed by atoms with Crippen LogP contribution in [0.15, 0.2) is 48.5 Å². The Kier molecular flexibility index (Phi) is 9.18. The molecule has 0 radical (unpaired) electrons. The second-order valence-electron chi connectivity index (χ2n) is 7.23. The number of carbonyl (C=O) groups is 1. The van der Waals surface area contributed by atoms with E-state index in [1.54, 1.807) is 24.3 Å². The molecular weight excluding hydrogens is 414 g/mol. The van der Waals surface area contributed by atoms with Gasteiger partial charge in [-0.05, 0) is 62.2 Å². The van der Waals surface area contributed by atoms with Gasteiger partial charge in [0.15, 0.2) is 0 Å². The molecule has 0 saturated carbocycles. The van der Waals surface area contributed by atoms with Crippen molar-refractivity contribution in [1.29, 1.82) is 0 Å². The van der Waals surface area contributed by atoms with E-state index in [1.807, 2.05) is 31.2 Å². The van der Waals surface area contributed by atoms with Crippen molar-refractivity contribution >= 4 is 27.3 Å². The molecule has 0 fully saturated rings. The number of rotatable bonds is 12. The van der Waals surface area contributed by atoms with Crippen LogP contribution in [0.2, 0.25) is 0 Å². The number of ether oxygens (including phenoxy) is 1. The molecule has 8 heteroatoms. The molecule has 1 amide bonds. The third-order valence-electron chi connectivity index (χ3n) is 4.84. The van der Waals surface area contributed by atoms with Crippen LogP contribution in [0, 0.1) is 0 Å². The Morgan fingerprint density at radius 1 is 0.935 bits per heavy atom. The maximum absolute atomic E-state index is 12.5. The van der Waals surface area contributed by atoms with Gasteiger partial charge in [0.2, 0.25) is 15.9 Å². The van der Waals surface area contributed by atoms with Crippen LogP contribution in [0.5, 0.6) is 5.75 Å². The van der Waals surface area contributed by atoms with Crippen LogP contribution in [0.3, 0.4) is 0 Å². The molecule has 170 valence electrons. The molecule has 0 heterocycles. The lowest BCUT2D eigenvalue weighted by molar-refractivity contribution is -0.119. The fourth-order valence-electron chi connectivity index (χ4n) is 3.13. The largest absolute Gasteiger partial charge is 0.494 e. The minimum atomic E-state index is -3.62. The summed E-state index contributed by atoms with van der Waals surface area (Å²) in [6.45, 7) is 8.72. The van der Waals surface area contributed by atoms with E-state index < -0.39 is 10.0 Å². The summed E-state index contributed by atoms with van der Waals surface area (Å²) < 4.78 is 31.2. The Morgan fingerprint density at radius 3 is 2.03 bits per heavy atom. The molecule has 2 rings (SSSR count). The van der Waals surface area contributed by atoms with Gasteiger partial charge in [-0.25, -0.2) is 8.42 Å². The minimum absolute atomic E-state index is 0.286. The highest BCUT2D eigenvalue weighted by Crippen LogP contribution is 2.21. The summed E-state index contributed by atoms with van der Waals surface area (Å²) in [5, 5.41) is 2.80. The topological polar surface area (TPSA) is 79.0 Å². The third-order valence-corrected chi connectivity index (χ3v) is 5.98. The Labute approximate surface area is 186 Å². The first-order valence-corrected chi connectivity index (χ1v) is 12.4. The van der Waals surface area contributed by atoms with Crippen molar-refractivity contribution in [3.63, 3.8) is 0 Å². The van der Waals surface area contributed by atoms with Gasteiger partial charge in [-0.1, -0.05) is 19.1 Å². The van der Waals surface area contributed by atoms with E-state index in [2.05, 4.69) is 24.1 Å². The lowest BCUT2D eigenvalue weighted by Crippen LogP contribution is -2.40. The highest BCUT2D eigenvalue weighted by Gasteiger charge is 2.20. The molecule has 0 unspecified atom stereocenters. The van der Waals surface area contributed by atoms with Crippen molar-refractivity contribution in [1.82, 2.24) is 5.32 Å². The van der Waals surface area contributed by atoms with Crippen LogP contribution in [-0.4, -0.2) is 46.8 Å². The van der Waals surface area contributed by atoms with Gasteiger partial charge in [0.25, 0.3) is 0 Å². The molecule has 0 aliphatic rings. The number of hydrogen-bond donors (Lipinski definition) is 1. The normalized spacial score (nSPS) is 11.1. The molecule has 0 aliphatic carbocycles. The Balaban J connectivity index is 2.00. The number of benzene rings is 2. The minimum Gasteiger partial charge on any atom is -0.494 e. The predicted molar refractivity (Wildman–Crippen MR) is 126 cm³/mol. The Morgan fingerprint density at radius 2 is 1.52 bits per heavy atom. The zero-order chi connectivity index (χ0) is 22.9. The summed E-state index contributed by atoms with van der Waals surface area (Å²) in [5.74, 6) is 0.293. The summed E-state index contributed by atoms with van der Waals surface area (Å²) in [4.78, 5) is 14.7. The summed E-state index contributed by atoms with van der Waals surface area (Å²) in [7, 11) is -3.62. The third kappa shape index (κ3) is 7.47. The van der Waals surface area contributed by atoms with Gasteiger partial charge in [0.05, 0.1) is 18.6 Å². The maximum atomic E-state index is 12.5. The summed E-state index contributed by atoms with van der Waals surface area (Å²) in [6.07, 6.45) is 1.98. The monoisotopic (exact) mass is 447 g/mol. The summed E-state index contributed by atoms with van der Waals surface area (Å²) in [5.41, 5.74) is 2.51. The van der Waals surface area contributed by atoms with E-state index in [9.17, 15) is 13.2 Å². The molecule has 1 N–H and O–H groups in total. The number of nitrogens with zero attached hydrogens (tertiary/aromatic N) is 2. The van der Waals surface area contributed by atoms with Gasteiger partial charge in [-0.15, -0.1) is 0 Å². The molecule has 2 aromatic carbocycles. The van der Waals surface area contributed by atoms with Crippen molar-refractivity contribution in [3.05, 3.63) is 54.1 Å². The van der Waals surface area contributed by atoms with Crippen LogP contribution < -0.4 is 19.3 Å². The van der Waals surface area contributed by atoms with E-state index in [4.69, 9.17) is 4.74 Å². The number of amides is 1. The van der Waals surface area contributed by atoms with Crippen LogP contribution in [0.4, 0.5) is 11.4 Å². The average Bonchev–Trinajstić information content (AvgIpc) is 2.76. The molecule has 0 aromatic heterocycles. The van der Waals surface area contributed by atoms with Gasteiger partial charge >= 0.3 is 0 Å². The molecular formula is C23H33N3O4S. The van der Waals surface area contributed by atoms with Crippen LogP contribution in [0.25, 0.3) is 0 Å². The van der Waals surface area contributed by atoms with Crippen molar-refractivity contribution in [2.24, 2.45) is 0 Å². The number of hydrogen-bond acceptors (Lipinski definition) is 5. The molecule has 0 aliphatic heterocycles. The van der Waals surface area contributed by atoms with Crippen LogP contribution in [0.1, 0.15) is 32.8 Å². The zero-order valence-electron chi connectivity index (χ0n) is 18.8. The maximum Gasteiger partial charge on any atom is 0.241 e. The molecule has 0 spiro atoms. The van der Waals surface area contributed by atoms with E-state index in [0.29, 0.717) is 24.6 Å². The van der Waals surface area contributed by atoms with Gasteiger partial charge in [0, 0.05) is 25.3 Å². The standard InChI is InChI=1S/C23H33N3O4S/c1-5-16-30-22-14-12-21(13-15-22)26(31(4,28)29)18-23(27)24-17-19-8-10-20(11-9-19)25(6-2)7-3/h8-15H,5-7,16-18H2,1-4H3,(H,24,27). The first-order chi connectivity index (χ1) is 14.8. The van der Waals surface area contributed by atoms with Crippen LogP contribution >= 0.6 is 0 Å². The number of sulfonamides is 1. The smallest absolute Gasteiger partial charge is 0.241 e. The highest BCUT2D eigenvalue weighted by atomic mass is 32.2. The van der Waals surface area contributed by atoms with Crippen molar-refractivity contribution in [2.45, 2.75) is 33.7 Å². The molecule has 0 saturated heterocycles. The second-order valence-corrected chi connectivity index (χ2v) is 9.13. The first kappa shape index (κ1) is 24.5. The number of carbonyl (C=O) groups excluding carboxylic acids is 1. The van der Waals surface area contributed by atoms with E-state index in [1.165, 1.54) is 0 Å². The van der Waals surface area contributed by atoms with Crippen molar-refractivity contribution < 1.29 is 17.9 Å². The molecule has 7 nitrogen and oxygen atoms in total. The van der Waals surface area contributed by atoms with E-state index >= 15 is 0 Å². The fourth-order valence-corrected chi connectivity index (χ4v) is 3.99. The van der Waals surface area contributed by atoms with Crippen molar-refractivity contribution in [2.75, 3.05) is 41.7 Å². The highest BCUT2D eigenvalue weighted by molar-refractivity contribution is 7.92. The van der Waals surface area contributed by atoms with Gasteiger partial charge in [-0.3, -0.25) is 9.10 Å². The first-order valence-electron chi connectivity index (χ1n) is 10.6. The van der Waals surface area contributed by atoms with Gasteiger partial charge in [0.1, 0.15) is 12.3 Å². The van der Waals surface area contributed by atoms with Gasteiger partial charge in [-0.2, -0.15) is 0 Å². The fraction of sp³-hybridized carbons (Fsp3) is 0.435. The quantitative estimate of drug-likeness (QED) is 0.539. The van der Waals surface area contributed by atoms with Gasteiger partial charge < -0.3 is 15.0 Å². The molecule has 0 atom stereocenters.